The SMILES string of the molecule is CC1(C)CCN(C(=O)C2CC2)CC1O. The number of rotatable bonds is 1. The molecule has 3 nitrogen and oxygen atoms in total. The lowest BCUT2D eigenvalue weighted by Gasteiger charge is -2.41. The van der Waals surface area contributed by atoms with Gasteiger partial charge in [-0.2, -0.15) is 0 Å². The van der Waals surface area contributed by atoms with E-state index in [1.807, 2.05) is 4.90 Å². The first-order valence-corrected chi connectivity index (χ1v) is 5.47. The van der Waals surface area contributed by atoms with Crippen molar-refractivity contribution < 1.29 is 9.90 Å². The van der Waals surface area contributed by atoms with Gasteiger partial charge in [-0.15, -0.1) is 0 Å². The normalized spacial score (nSPS) is 31.6. The van der Waals surface area contributed by atoms with E-state index in [-0.39, 0.29) is 23.3 Å². The van der Waals surface area contributed by atoms with Gasteiger partial charge in [0.2, 0.25) is 5.91 Å². The van der Waals surface area contributed by atoms with Gasteiger partial charge in [-0.25, -0.2) is 0 Å². The Morgan fingerprint density at radius 3 is 2.57 bits per heavy atom. The van der Waals surface area contributed by atoms with Gasteiger partial charge in [-0.1, -0.05) is 13.8 Å². The summed E-state index contributed by atoms with van der Waals surface area (Å²) >= 11 is 0. The summed E-state index contributed by atoms with van der Waals surface area (Å²) in [4.78, 5) is 13.6. The quantitative estimate of drug-likeness (QED) is 0.681. The van der Waals surface area contributed by atoms with Gasteiger partial charge in [0, 0.05) is 19.0 Å². The summed E-state index contributed by atoms with van der Waals surface area (Å²) in [6.07, 6.45) is 2.65. The fraction of sp³-hybridized carbons (Fsp3) is 0.909. The average Bonchev–Trinajstić information content (AvgIpc) is 2.91. The average molecular weight is 197 g/mol. The molecule has 1 atom stereocenters. The lowest BCUT2D eigenvalue weighted by molar-refractivity contribution is -0.139. The van der Waals surface area contributed by atoms with Gasteiger partial charge in [0.05, 0.1) is 6.10 Å². The highest BCUT2D eigenvalue weighted by molar-refractivity contribution is 5.81. The number of hydrogen-bond donors (Lipinski definition) is 1. The predicted molar refractivity (Wildman–Crippen MR) is 53.7 cm³/mol. The van der Waals surface area contributed by atoms with Crippen molar-refractivity contribution in [1.29, 1.82) is 0 Å². The molecule has 1 N–H and O–H groups in total. The molecule has 0 aromatic rings. The van der Waals surface area contributed by atoms with Crippen LogP contribution in [0.5, 0.6) is 0 Å². The predicted octanol–water partition coefficient (Wildman–Crippen LogP) is 1.02. The largest absolute Gasteiger partial charge is 0.391 e. The van der Waals surface area contributed by atoms with Crippen LogP contribution in [-0.2, 0) is 4.79 Å². The van der Waals surface area contributed by atoms with E-state index in [4.69, 9.17) is 0 Å². The van der Waals surface area contributed by atoms with Crippen molar-refractivity contribution in [1.82, 2.24) is 4.90 Å². The Kier molecular flexibility index (Phi) is 2.30. The molecule has 1 aliphatic carbocycles. The highest BCUT2D eigenvalue weighted by Crippen LogP contribution is 2.35. The third-order valence-corrected chi connectivity index (χ3v) is 3.56. The molecular formula is C11H19NO2. The van der Waals surface area contributed by atoms with Crippen molar-refractivity contribution in [3.63, 3.8) is 0 Å². The minimum absolute atomic E-state index is 0.0274. The highest BCUT2D eigenvalue weighted by atomic mass is 16.3. The Morgan fingerprint density at radius 2 is 2.07 bits per heavy atom. The lowest BCUT2D eigenvalue weighted by Crippen LogP contribution is -2.50. The maximum Gasteiger partial charge on any atom is 0.225 e. The lowest BCUT2D eigenvalue weighted by atomic mass is 9.80. The van der Waals surface area contributed by atoms with E-state index in [0.29, 0.717) is 6.54 Å². The number of carbonyl (C=O) groups excluding carboxylic acids is 1. The summed E-state index contributed by atoms with van der Waals surface area (Å²) in [5.41, 5.74) is -0.0274. The Balaban J connectivity index is 1.95. The van der Waals surface area contributed by atoms with Crippen molar-refractivity contribution in [3.8, 4) is 0 Å². The van der Waals surface area contributed by atoms with Crippen LogP contribution in [-0.4, -0.2) is 35.1 Å². The van der Waals surface area contributed by atoms with E-state index in [2.05, 4.69) is 13.8 Å². The minimum Gasteiger partial charge on any atom is -0.391 e. The van der Waals surface area contributed by atoms with Crippen molar-refractivity contribution in [3.05, 3.63) is 0 Å². The van der Waals surface area contributed by atoms with Crippen LogP contribution < -0.4 is 0 Å². The highest BCUT2D eigenvalue weighted by Gasteiger charge is 2.40. The maximum absolute atomic E-state index is 11.7. The number of piperidine rings is 1. The number of amides is 1. The molecule has 0 spiro atoms. The van der Waals surface area contributed by atoms with Gasteiger partial charge < -0.3 is 10.0 Å². The van der Waals surface area contributed by atoms with Crippen LogP contribution >= 0.6 is 0 Å². The van der Waals surface area contributed by atoms with Gasteiger partial charge in [-0.3, -0.25) is 4.79 Å². The summed E-state index contributed by atoms with van der Waals surface area (Å²) in [6.45, 7) is 5.48. The third kappa shape index (κ3) is 1.78. The molecule has 1 saturated heterocycles. The molecule has 1 unspecified atom stereocenters. The van der Waals surface area contributed by atoms with Crippen LogP contribution in [0.15, 0.2) is 0 Å². The molecule has 14 heavy (non-hydrogen) atoms. The minimum atomic E-state index is -0.362. The zero-order valence-corrected chi connectivity index (χ0v) is 8.99. The van der Waals surface area contributed by atoms with Crippen LogP contribution in [0.3, 0.4) is 0 Å². The zero-order chi connectivity index (χ0) is 10.3. The molecule has 0 aromatic carbocycles. The van der Waals surface area contributed by atoms with E-state index in [9.17, 15) is 9.90 Å². The van der Waals surface area contributed by atoms with Crippen molar-refractivity contribution in [2.24, 2.45) is 11.3 Å². The first kappa shape index (κ1) is 9.97. The maximum atomic E-state index is 11.7. The molecule has 0 aromatic heterocycles. The summed E-state index contributed by atoms with van der Waals surface area (Å²) in [7, 11) is 0. The second kappa shape index (κ2) is 3.23. The summed E-state index contributed by atoms with van der Waals surface area (Å²) < 4.78 is 0. The number of nitrogens with zero attached hydrogens (tertiary/aromatic N) is 1. The molecule has 2 aliphatic rings. The smallest absolute Gasteiger partial charge is 0.225 e. The molecule has 2 fully saturated rings. The molecular weight excluding hydrogens is 178 g/mol. The topological polar surface area (TPSA) is 40.5 Å². The fourth-order valence-corrected chi connectivity index (χ4v) is 1.93. The van der Waals surface area contributed by atoms with E-state index in [1.165, 1.54) is 0 Å². The molecule has 80 valence electrons. The van der Waals surface area contributed by atoms with Gasteiger partial charge >= 0.3 is 0 Å². The molecule has 0 radical (unpaired) electrons. The van der Waals surface area contributed by atoms with Crippen LogP contribution in [0, 0.1) is 11.3 Å². The van der Waals surface area contributed by atoms with E-state index >= 15 is 0 Å². The van der Waals surface area contributed by atoms with Gasteiger partial charge in [-0.05, 0) is 24.7 Å². The van der Waals surface area contributed by atoms with Crippen LogP contribution in [0.2, 0.25) is 0 Å². The van der Waals surface area contributed by atoms with Crippen molar-refractivity contribution in [2.45, 2.75) is 39.2 Å². The third-order valence-electron chi connectivity index (χ3n) is 3.56. The van der Waals surface area contributed by atoms with E-state index in [0.717, 1.165) is 25.8 Å². The molecule has 1 amide bonds. The fourth-order valence-electron chi connectivity index (χ4n) is 1.93. The van der Waals surface area contributed by atoms with Crippen LogP contribution in [0.25, 0.3) is 0 Å². The van der Waals surface area contributed by atoms with Gasteiger partial charge in [0.1, 0.15) is 0 Å². The number of carbonyl (C=O) groups is 1. The molecule has 1 heterocycles. The Bertz CT molecular complexity index is 246. The molecule has 2 rings (SSSR count). The number of aliphatic hydroxyl groups excluding tert-OH is 1. The summed E-state index contributed by atoms with van der Waals surface area (Å²) in [6, 6.07) is 0. The Hall–Kier alpha value is -0.570. The zero-order valence-electron chi connectivity index (χ0n) is 8.99. The molecule has 0 bridgehead atoms. The van der Waals surface area contributed by atoms with Crippen molar-refractivity contribution in [2.75, 3.05) is 13.1 Å². The van der Waals surface area contributed by atoms with Crippen LogP contribution in [0.1, 0.15) is 33.1 Å². The molecule has 1 saturated carbocycles. The molecule has 3 heteroatoms. The number of likely N-dealkylation sites (tertiary alicyclic amines) is 1. The second-order valence-electron chi connectivity index (χ2n) is 5.31. The monoisotopic (exact) mass is 197 g/mol. The Labute approximate surface area is 85.1 Å². The van der Waals surface area contributed by atoms with E-state index < -0.39 is 0 Å². The molecule has 1 aliphatic heterocycles. The standard InChI is InChI=1S/C11H19NO2/c1-11(2)5-6-12(7-9(11)13)10(14)8-3-4-8/h8-9,13H,3-7H2,1-2H3. The number of β-amino-alcohol motifs (C(OH)–C–C–N with tert-alkyl or cyclic N) is 1. The van der Waals surface area contributed by atoms with Crippen LogP contribution in [0.4, 0.5) is 0 Å². The second-order valence-corrected chi connectivity index (χ2v) is 5.31. The Morgan fingerprint density at radius 1 is 1.43 bits per heavy atom. The van der Waals surface area contributed by atoms with Gasteiger partial charge in [0.25, 0.3) is 0 Å². The van der Waals surface area contributed by atoms with Gasteiger partial charge in [0.15, 0.2) is 0 Å². The van der Waals surface area contributed by atoms with E-state index in [1.54, 1.807) is 0 Å². The first-order chi connectivity index (χ1) is 6.50. The summed E-state index contributed by atoms with van der Waals surface area (Å²) in [5, 5.41) is 9.86. The summed E-state index contributed by atoms with van der Waals surface area (Å²) in [5.74, 6) is 0.544. The van der Waals surface area contributed by atoms with Crippen molar-refractivity contribution >= 4 is 5.91 Å². The first-order valence-electron chi connectivity index (χ1n) is 5.47. The number of aliphatic hydroxyl groups is 1. The number of hydrogen-bond acceptors (Lipinski definition) is 2.